The van der Waals surface area contributed by atoms with E-state index in [-0.39, 0.29) is 12.3 Å². The zero-order valence-corrected chi connectivity index (χ0v) is 10.1. The first-order valence-corrected chi connectivity index (χ1v) is 6.16. The third-order valence-electron chi connectivity index (χ3n) is 2.30. The number of benzene rings is 1. The molecule has 0 atom stereocenters. The van der Waals surface area contributed by atoms with Crippen molar-refractivity contribution >= 4 is 22.4 Å². The predicted octanol–water partition coefficient (Wildman–Crippen LogP) is 2.99. The Balaban J connectivity index is 1.87. The molecule has 1 aromatic heterocycles. The van der Waals surface area contributed by atoms with Gasteiger partial charge in [-0.25, -0.2) is 13.8 Å². The number of hydrogen-bond donors (Lipinski definition) is 1. The Morgan fingerprint density at radius 3 is 2.83 bits per heavy atom. The van der Waals surface area contributed by atoms with Gasteiger partial charge in [0.05, 0.1) is 0 Å². The van der Waals surface area contributed by atoms with Gasteiger partial charge >= 0.3 is 0 Å². The van der Waals surface area contributed by atoms with Gasteiger partial charge in [0.15, 0.2) is 16.8 Å². The van der Waals surface area contributed by atoms with Crippen LogP contribution in [-0.2, 0) is 11.2 Å². The Morgan fingerprint density at radius 2 is 2.17 bits per heavy atom. The third kappa shape index (κ3) is 3.33. The molecular weight excluding hydrogens is 258 g/mol. The number of aromatic nitrogens is 1. The summed E-state index contributed by atoms with van der Waals surface area (Å²) >= 11 is 1.32. The Kier molecular flexibility index (Phi) is 3.99. The van der Waals surface area contributed by atoms with Crippen molar-refractivity contribution in [1.82, 2.24) is 4.98 Å². The first-order chi connectivity index (χ1) is 8.65. The summed E-state index contributed by atoms with van der Waals surface area (Å²) in [7, 11) is 0. The zero-order chi connectivity index (χ0) is 13.0. The highest BCUT2D eigenvalue weighted by molar-refractivity contribution is 7.13. The molecule has 0 radical (unpaired) electrons. The number of nitrogens with zero attached hydrogens (tertiary/aromatic N) is 1. The third-order valence-corrected chi connectivity index (χ3v) is 2.99. The van der Waals surface area contributed by atoms with Crippen molar-refractivity contribution in [3.63, 3.8) is 0 Å². The highest BCUT2D eigenvalue weighted by Gasteiger charge is 2.07. The quantitative estimate of drug-likeness (QED) is 0.926. The summed E-state index contributed by atoms with van der Waals surface area (Å²) < 4.78 is 25.6. The smallest absolute Gasteiger partial charge is 0.226 e. The van der Waals surface area contributed by atoms with E-state index in [1.807, 2.05) is 0 Å². The molecule has 1 amide bonds. The molecule has 0 fully saturated rings. The topological polar surface area (TPSA) is 42.0 Å². The van der Waals surface area contributed by atoms with E-state index in [4.69, 9.17) is 0 Å². The minimum atomic E-state index is -0.896. The maximum Gasteiger partial charge on any atom is 0.226 e. The fourth-order valence-electron chi connectivity index (χ4n) is 1.42. The number of thiazole rings is 1. The van der Waals surface area contributed by atoms with E-state index in [0.29, 0.717) is 17.1 Å². The van der Waals surface area contributed by atoms with Crippen LogP contribution in [0.1, 0.15) is 12.0 Å². The molecule has 1 aromatic carbocycles. The number of anilines is 1. The van der Waals surface area contributed by atoms with Crippen molar-refractivity contribution in [2.75, 3.05) is 5.32 Å². The summed E-state index contributed by atoms with van der Waals surface area (Å²) in [4.78, 5) is 15.4. The summed E-state index contributed by atoms with van der Waals surface area (Å²) in [5, 5.41) is 4.91. The van der Waals surface area contributed by atoms with Gasteiger partial charge in [-0.15, -0.1) is 11.3 Å². The standard InChI is InChI=1S/C12H10F2N2OS/c13-9-3-1-8(7-10(9)14)2-4-11(17)16-12-15-5-6-18-12/h1,3,5-7H,2,4H2,(H,15,16,17). The maximum absolute atomic E-state index is 12.9. The molecule has 0 aliphatic rings. The number of carbonyl (C=O) groups excluding carboxylic acids is 1. The van der Waals surface area contributed by atoms with E-state index in [0.717, 1.165) is 12.1 Å². The minimum Gasteiger partial charge on any atom is -0.302 e. The Hall–Kier alpha value is -1.82. The van der Waals surface area contributed by atoms with Crippen molar-refractivity contribution < 1.29 is 13.6 Å². The highest BCUT2D eigenvalue weighted by atomic mass is 32.1. The molecular formula is C12H10F2N2OS. The van der Waals surface area contributed by atoms with Crippen LogP contribution in [0, 0.1) is 11.6 Å². The van der Waals surface area contributed by atoms with Crippen molar-refractivity contribution in [3.05, 3.63) is 47.0 Å². The normalized spacial score (nSPS) is 10.3. The van der Waals surface area contributed by atoms with Crippen molar-refractivity contribution in [1.29, 1.82) is 0 Å². The van der Waals surface area contributed by atoms with Crippen molar-refractivity contribution in [2.24, 2.45) is 0 Å². The first kappa shape index (κ1) is 12.6. The average Bonchev–Trinajstić information content (AvgIpc) is 2.83. The molecule has 0 spiro atoms. The lowest BCUT2D eigenvalue weighted by Crippen LogP contribution is -2.12. The number of amides is 1. The molecule has 0 bridgehead atoms. The van der Waals surface area contributed by atoms with E-state index in [1.165, 1.54) is 17.4 Å². The van der Waals surface area contributed by atoms with Gasteiger partial charge in [-0.3, -0.25) is 4.79 Å². The zero-order valence-electron chi connectivity index (χ0n) is 9.32. The van der Waals surface area contributed by atoms with Gasteiger partial charge in [0, 0.05) is 18.0 Å². The van der Waals surface area contributed by atoms with Gasteiger partial charge in [-0.1, -0.05) is 6.07 Å². The van der Waals surface area contributed by atoms with Crippen LogP contribution in [0.25, 0.3) is 0 Å². The van der Waals surface area contributed by atoms with Crippen LogP contribution in [0.5, 0.6) is 0 Å². The molecule has 1 N–H and O–H groups in total. The number of hydrogen-bond acceptors (Lipinski definition) is 3. The van der Waals surface area contributed by atoms with Gasteiger partial charge in [0.25, 0.3) is 0 Å². The Morgan fingerprint density at radius 1 is 1.33 bits per heavy atom. The summed E-state index contributed by atoms with van der Waals surface area (Å²) in [5.74, 6) is -1.98. The van der Waals surface area contributed by atoms with Crippen LogP contribution < -0.4 is 5.32 Å². The monoisotopic (exact) mass is 268 g/mol. The van der Waals surface area contributed by atoms with E-state index in [1.54, 1.807) is 11.6 Å². The van der Waals surface area contributed by atoms with Gasteiger partial charge in [-0.2, -0.15) is 0 Å². The Labute approximate surface area is 106 Å². The number of aryl methyl sites for hydroxylation is 1. The second kappa shape index (κ2) is 5.68. The molecule has 0 saturated heterocycles. The Bertz CT molecular complexity index is 543. The molecule has 0 aliphatic carbocycles. The average molecular weight is 268 g/mol. The molecule has 2 rings (SSSR count). The van der Waals surface area contributed by atoms with E-state index in [2.05, 4.69) is 10.3 Å². The van der Waals surface area contributed by atoms with Crippen LogP contribution in [-0.4, -0.2) is 10.9 Å². The fourth-order valence-corrected chi connectivity index (χ4v) is 1.97. The molecule has 18 heavy (non-hydrogen) atoms. The highest BCUT2D eigenvalue weighted by Crippen LogP contribution is 2.13. The van der Waals surface area contributed by atoms with Crippen LogP contribution >= 0.6 is 11.3 Å². The van der Waals surface area contributed by atoms with E-state index < -0.39 is 11.6 Å². The van der Waals surface area contributed by atoms with Crippen LogP contribution in [0.3, 0.4) is 0 Å². The van der Waals surface area contributed by atoms with E-state index in [9.17, 15) is 13.6 Å². The molecule has 0 saturated carbocycles. The number of rotatable bonds is 4. The van der Waals surface area contributed by atoms with Crippen LogP contribution in [0.15, 0.2) is 29.8 Å². The SMILES string of the molecule is O=C(CCc1ccc(F)c(F)c1)Nc1nccs1. The van der Waals surface area contributed by atoms with Crippen LogP contribution in [0.2, 0.25) is 0 Å². The van der Waals surface area contributed by atoms with Crippen molar-refractivity contribution in [2.45, 2.75) is 12.8 Å². The summed E-state index contributed by atoms with van der Waals surface area (Å²) in [6, 6.07) is 3.63. The van der Waals surface area contributed by atoms with Gasteiger partial charge in [0.2, 0.25) is 5.91 Å². The molecule has 94 valence electrons. The van der Waals surface area contributed by atoms with Gasteiger partial charge in [-0.05, 0) is 24.1 Å². The largest absolute Gasteiger partial charge is 0.302 e. The predicted molar refractivity (Wildman–Crippen MR) is 65.4 cm³/mol. The van der Waals surface area contributed by atoms with E-state index >= 15 is 0 Å². The van der Waals surface area contributed by atoms with Gasteiger partial charge in [0.1, 0.15) is 0 Å². The van der Waals surface area contributed by atoms with Gasteiger partial charge < -0.3 is 5.32 Å². The molecule has 3 nitrogen and oxygen atoms in total. The lowest BCUT2D eigenvalue weighted by Gasteiger charge is -2.03. The molecule has 0 unspecified atom stereocenters. The lowest BCUT2D eigenvalue weighted by atomic mass is 10.1. The second-order valence-corrected chi connectivity index (χ2v) is 4.53. The molecule has 6 heteroatoms. The number of carbonyl (C=O) groups is 1. The minimum absolute atomic E-state index is 0.199. The summed E-state index contributed by atoms with van der Waals surface area (Å²) in [6.45, 7) is 0. The summed E-state index contributed by atoms with van der Waals surface area (Å²) in [5.41, 5.74) is 0.586. The first-order valence-electron chi connectivity index (χ1n) is 5.28. The van der Waals surface area contributed by atoms with Crippen molar-refractivity contribution in [3.8, 4) is 0 Å². The number of halogens is 2. The van der Waals surface area contributed by atoms with Crippen LogP contribution in [0.4, 0.5) is 13.9 Å². The maximum atomic E-state index is 12.9. The molecule has 2 aromatic rings. The fraction of sp³-hybridized carbons (Fsp3) is 0.167. The molecule has 0 aliphatic heterocycles. The second-order valence-electron chi connectivity index (χ2n) is 3.63. The number of nitrogens with one attached hydrogen (secondary N) is 1. The summed E-state index contributed by atoms with van der Waals surface area (Å²) in [6.07, 6.45) is 2.15. The lowest BCUT2D eigenvalue weighted by molar-refractivity contribution is -0.116. The molecule has 1 heterocycles.